The largest absolute Gasteiger partial charge is 0.316 e. The molecule has 3 nitrogen and oxygen atoms in total. The van der Waals surface area contributed by atoms with Gasteiger partial charge in [-0.15, -0.1) is 12.4 Å². The third kappa shape index (κ3) is 3.95. The van der Waals surface area contributed by atoms with Crippen molar-refractivity contribution in [2.45, 2.75) is 26.7 Å². The normalized spacial score (nSPS) is 18.6. The second kappa shape index (κ2) is 6.92. The molecule has 0 radical (unpaired) electrons. The molecule has 1 aliphatic heterocycles. The number of rotatable bonds is 2. The lowest BCUT2D eigenvalue weighted by Gasteiger charge is -2.27. The number of hydrogen-bond acceptors (Lipinski definition) is 2. The second-order valence-electron chi connectivity index (χ2n) is 5.29. The van der Waals surface area contributed by atoms with Gasteiger partial charge in [-0.1, -0.05) is 6.07 Å². The Morgan fingerprint density at radius 1 is 1.26 bits per heavy atom. The number of carbonyl (C=O) groups is 1. The zero-order chi connectivity index (χ0) is 13.1. The first-order valence-electron chi connectivity index (χ1n) is 6.64. The van der Waals surface area contributed by atoms with Gasteiger partial charge in [0, 0.05) is 19.3 Å². The number of benzene rings is 1. The summed E-state index contributed by atoms with van der Waals surface area (Å²) in [4.78, 5) is 14.2. The molecule has 1 aliphatic rings. The highest BCUT2D eigenvalue weighted by atomic mass is 35.5. The highest BCUT2D eigenvalue weighted by Gasteiger charge is 2.24. The summed E-state index contributed by atoms with van der Waals surface area (Å²) in [5, 5.41) is 3.30. The number of aryl methyl sites for hydroxylation is 2. The maximum atomic E-state index is 12.4. The van der Waals surface area contributed by atoms with E-state index in [0.29, 0.717) is 0 Å². The topological polar surface area (TPSA) is 32.3 Å². The van der Waals surface area contributed by atoms with Crippen LogP contribution in [0, 0.1) is 19.8 Å². The molecule has 1 heterocycles. The second-order valence-corrected chi connectivity index (χ2v) is 5.29. The van der Waals surface area contributed by atoms with E-state index in [4.69, 9.17) is 0 Å². The van der Waals surface area contributed by atoms with Crippen LogP contribution in [0.25, 0.3) is 0 Å². The Labute approximate surface area is 121 Å². The highest BCUT2D eigenvalue weighted by Crippen LogP contribution is 2.21. The number of hydrogen-bond donors (Lipinski definition) is 1. The van der Waals surface area contributed by atoms with Gasteiger partial charge in [0.1, 0.15) is 0 Å². The summed E-state index contributed by atoms with van der Waals surface area (Å²) in [5.74, 6) is 0.358. The van der Waals surface area contributed by atoms with E-state index >= 15 is 0 Å². The van der Waals surface area contributed by atoms with E-state index in [9.17, 15) is 4.79 Å². The summed E-state index contributed by atoms with van der Waals surface area (Å²) in [5.41, 5.74) is 3.40. The summed E-state index contributed by atoms with van der Waals surface area (Å²) in [7, 11) is 1.88. The van der Waals surface area contributed by atoms with Crippen LogP contribution in [0.3, 0.4) is 0 Å². The summed E-state index contributed by atoms with van der Waals surface area (Å²) in [6.07, 6.45) is 2.10. The minimum absolute atomic E-state index is 0. The van der Waals surface area contributed by atoms with Crippen LogP contribution >= 0.6 is 12.4 Å². The molecule has 0 unspecified atom stereocenters. The lowest BCUT2D eigenvalue weighted by atomic mass is 9.98. The van der Waals surface area contributed by atoms with Gasteiger partial charge in [0.15, 0.2) is 0 Å². The Hall–Kier alpha value is -1.06. The maximum absolute atomic E-state index is 12.4. The molecule has 2 rings (SSSR count). The van der Waals surface area contributed by atoms with Crippen molar-refractivity contribution >= 4 is 24.0 Å². The van der Waals surface area contributed by atoms with E-state index in [0.717, 1.165) is 31.6 Å². The number of nitrogens with one attached hydrogen (secondary N) is 1. The zero-order valence-corrected chi connectivity index (χ0v) is 12.7. The van der Waals surface area contributed by atoms with Crippen molar-refractivity contribution < 1.29 is 4.79 Å². The Balaban J connectivity index is 0.00000180. The van der Waals surface area contributed by atoms with Gasteiger partial charge in [-0.05, 0) is 56.5 Å². The molecule has 0 bridgehead atoms. The Morgan fingerprint density at radius 3 is 2.42 bits per heavy atom. The molecule has 1 saturated heterocycles. The molecule has 0 aromatic heterocycles. The van der Waals surface area contributed by atoms with E-state index in [1.54, 1.807) is 4.90 Å². The van der Waals surface area contributed by atoms with E-state index in [1.807, 2.05) is 7.05 Å². The van der Waals surface area contributed by atoms with Gasteiger partial charge >= 0.3 is 0 Å². The molecule has 0 aliphatic carbocycles. The van der Waals surface area contributed by atoms with Crippen molar-refractivity contribution in [3.8, 4) is 0 Å². The molecule has 0 saturated carbocycles. The van der Waals surface area contributed by atoms with Crippen LogP contribution in [-0.2, 0) is 4.79 Å². The first kappa shape index (κ1) is 16.0. The van der Waals surface area contributed by atoms with Crippen molar-refractivity contribution in [2.24, 2.45) is 5.92 Å². The number of amides is 1. The van der Waals surface area contributed by atoms with Crippen LogP contribution in [0.2, 0.25) is 0 Å². The minimum Gasteiger partial charge on any atom is -0.316 e. The summed E-state index contributed by atoms with van der Waals surface area (Å²) in [6.45, 7) is 5.99. The predicted octanol–water partition coefficient (Wildman–Crippen LogP) is 2.69. The number of piperidine rings is 1. The van der Waals surface area contributed by atoms with Gasteiger partial charge in [0.05, 0.1) is 5.92 Å². The van der Waals surface area contributed by atoms with Crippen LogP contribution in [0.5, 0.6) is 0 Å². The summed E-state index contributed by atoms with van der Waals surface area (Å²) in [6, 6.07) is 6.27. The zero-order valence-electron chi connectivity index (χ0n) is 11.9. The summed E-state index contributed by atoms with van der Waals surface area (Å²) >= 11 is 0. The number of halogens is 1. The third-order valence-corrected chi connectivity index (χ3v) is 3.57. The fourth-order valence-electron chi connectivity index (χ4n) is 2.61. The average molecular weight is 283 g/mol. The first-order chi connectivity index (χ1) is 8.58. The van der Waals surface area contributed by atoms with Crippen LogP contribution in [0.15, 0.2) is 18.2 Å². The molecule has 4 heteroatoms. The number of anilines is 1. The van der Waals surface area contributed by atoms with E-state index in [2.05, 4.69) is 37.4 Å². The summed E-state index contributed by atoms with van der Waals surface area (Å²) < 4.78 is 0. The van der Waals surface area contributed by atoms with Gasteiger partial charge in [0.2, 0.25) is 5.91 Å². The van der Waals surface area contributed by atoms with E-state index in [-0.39, 0.29) is 24.2 Å². The number of nitrogens with zero attached hydrogens (tertiary/aromatic N) is 1. The molecule has 1 aromatic rings. The van der Waals surface area contributed by atoms with Gasteiger partial charge in [-0.25, -0.2) is 0 Å². The minimum atomic E-state index is 0. The van der Waals surface area contributed by atoms with Gasteiger partial charge in [0.25, 0.3) is 0 Å². The van der Waals surface area contributed by atoms with Crippen LogP contribution in [0.1, 0.15) is 24.0 Å². The van der Waals surface area contributed by atoms with E-state index in [1.165, 1.54) is 11.1 Å². The standard InChI is InChI=1S/C15H22N2O.ClH/c1-11-7-12(2)9-14(8-11)17(3)15(18)13-5-4-6-16-10-13;/h7-9,13,16H,4-6,10H2,1-3H3;1H/t13-;/m1./s1. The molecule has 1 N–H and O–H groups in total. The van der Waals surface area contributed by atoms with Crippen LogP contribution in [0.4, 0.5) is 5.69 Å². The van der Waals surface area contributed by atoms with Crippen molar-refractivity contribution in [3.63, 3.8) is 0 Å². The molecule has 106 valence electrons. The van der Waals surface area contributed by atoms with Crippen molar-refractivity contribution in [1.29, 1.82) is 0 Å². The average Bonchev–Trinajstić information content (AvgIpc) is 2.37. The van der Waals surface area contributed by atoms with Gasteiger partial charge in [-0.3, -0.25) is 4.79 Å². The Morgan fingerprint density at radius 2 is 1.89 bits per heavy atom. The van der Waals surface area contributed by atoms with Gasteiger partial charge < -0.3 is 10.2 Å². The lowest BCUT2D eigenvalue weighted by Crippen LogP contribution is -2.41. The molecular formula is C15H23ClN2O. The molecule has 1 amide bonds. The molecule has 19 heavy (non-hydrogen) atoms. The van der Waals surface area contributed by atoms with Gasteiger partial charge in [-0.2, -0.15) is 0 Å². The maximum Gasteiger partial charge on any atom is 0.231 e. The molecule has 1 aromatic carbocycles. The molecule has 0 spiro atoms. The van der Waals surface area contributed by atoms with Crippen LogP contribution < -0.4 is 10.2 Å². The SMILES string of the molecule is Cc1cc(C)cc(N(C)C(=O)[C@@H]2CCCNC2)c1.Cl. The van der Waals surface area contributed by atoms with Crippen molar-refractivity contribution in [1.82, 2.24) is 5.32 Å². The smallest absolute Gasteiger partial charge is 0.231 e. The van der Waals surface area contributed by atoms with E-state index < -0.39 is 0 Å². The van der Waals surface area contributed by atoms with Crippen molar-refractivity contribution in [3.05, 3.63) is 29.3 Å². The fraction of sp³-hybridized carbons (Fsp3) is 0.533. The van der Waals surface area contributed by atoms with Crippen LogP contribution in [-0.4, -0.2) is 26.0 Å². The first-order valence-corrected chi connectivity index (χ1v) is 6.64. The third-order valence-electron chi connectivity index (χ3n) is 3.57. The quantitative estimate of drug-likeness (QED) is 0.905. The molecule has 1 fully saturated rings. The fourth-order valence-corrected chi connectivity index (χ4v) is 2.61. The monoisotopic (exact) mass is 282 g/mol. The predicted molar refractivity (Wildman–Crippen MR) is 82.2 cm³/mol. The molecular weight excluding hydrogens is 260 g/mol. The Bertz CT molecular complexity index is 422. The number of carbonyl (C=O) groups excluding carboxylic acids is 1. The highest BCUT2D eigenvalue weighted by molar-refractivity contribution is 5.94. The lowest BCUT2D eigenvalue weighted by molar-refractivity contribution is -0.122. The molecule has 1 atom stereocenters. The Kier molecular flexibility index (Phi) is 5.83. The van der Waals surface area contributed by atoms with Crippen molar-refractivity contribution in [2.75, 3.05) is 25.0 Å².